The van der Waals surface area contributed by atoms with E-state index in [-0.39, 0.29) is 0 Å². The average Bonchev–Trinajstić information content (AvgIpc) is 1.86. The SMILES string of the molecule is CC/C=C(/C=C(/C)Br)CC. The zero-order valence-corrected chi connectivity index (χ0v) is 8.53. The predicted molar refractivity (Wildman–Crippen MR) is 51.3 cm³/mol. The maximum Gasteiger partial charge on any atom is -0.00778 e. The Morgan fingerprint density at radius 1 is 1.40 bits per heavy atom. The highest BCUT2D eigenvalue weighted by atomic mass is 79.9. The van der Waals surface area contributed by atoms with Crippen LogP contribution in [0.2, 0.25) is 0 Å². The van der Waals surface area contributed by atoms with E-state index >= 15 is 0 Å². The number of hydrogen-bond donors (Lipinski definition) is 0. The van der Waals surface area contributed by atoms with E-state index in [1.54, 1.807) is 0 Å². The quantitative estimate of drug-likeness (QED) is 0.607. The lowest BCUT2D eigenvalue weighted by molar-refractivity contribution is 1.10. The zero-order chi connectivity index (χ0) is 7.98. The van der Waals surface area contributed by atoms with E-state index < -0.39 is 0 Å². The summed E-state index contributed by atoms with van der Waals surface area (Å²) in [5.74, 6) is 0. The second kappa shape index (κ2) is 5.72. The Morgan fingerprint density at radius 3 is 2.30 bits per heavy atom. The lowest BCUT2D eigenvalue weighted by atomic mass is 10.1. The molecule has 0 saturated carbocycles. The third kappa shape index (κ3) is 4.80. The first-order valence-corrected chi connectivity index (χ1v) is 4.52. The number of halogens is 1. The first-order chi connectivity index (χ1) is 4.70. The minimum Gasteiger partial charge on any atom is -0.0816 e. The Labute approximate surface area is 72.1 Å². The van der Waals surface area contributed by atoms with E-state index in [0.717, 1.165) is 12.8 Å². The smallest absolute Gasteiger partial charge is 0.00778 e. The van der Waals surface area contributed by atoms with Crippen molar-refractivity contribution in [2.45, 2.75) is 33.6 Å². The van der Waals surface area contributed by atoms with E-state index in [0.29, 0.717) is 0 Å². The van der Waals surface area contributed by atoms with Crippen LogP contribution in [0.5, 0.6) is 0 Å². The Kier molecular flexibility index (Phi) is 5.70. The van der Waals surface area contributed by atoms with Gasteiger partial charge in [0, 0.05) is 0 Å². The van der Waals surface area contributed by atoms with E-state index in [2.05, 4.69) is 48.9 Å². The molecule has 1 heteroatoms. The van der Waals surface area contributed by atoms with Gasteiger partial charge in [0.05, 0.1) is 0 Å². The molecule has 0 heterocycles. The van der Waals surface area contributed by atoms with Gasteiger partial charge in [-0.2, -0.15) is 0 Å². The lowest BCUT2D eigenvalue weighted by Crippen LogP contribution is -1.74. The maximum atomic E-state index is 3.41. The molecule has 0 aromatic rings. The highest BCUT2D eigenvalue weighted by Crippen LogP contribution is 2.11. The minimum atomic E-state index is 1.12. The van der Waals surface area contributed by atoms with Gasteiger partial charge in [-0.05, 0) is 30.3 Å². The topological polar surface area (TPSA) is 0 Å². The molecule has 0 saturated heterocycles. The van der Waals surface area contributed by atoms with Gasteiger partial charge in [-0.1, -0.05) is 41.4 Å². The highest BCUT2D eigenvalue weighted by molar-refractivity contribution is 9.11. The van der Waals surface area contributed by atoms with Crippen LogP contribution in [0.4, 0.5) is 0 Å². The molecule has 0 rings (SSSR count). The second-order valence-electron chi connectivity index (χ2n) is 2.27. The van der Waals surface area contributed by atoms with E-state index in [1.807, 2.05) is 0 Å². The largest absolute Gasteiger partial charge is 0.0816 e. The summed E-state index contributed by atoms with van der Waals surface area (Å²) in [5, 5.41) is 0. The van der Waals surface area contributed by atoms with Crippen LogP contribution in [0, 0.1) is 0 Å². The van der Waals surface area contributed by atoms with Crippen molar-refractivity contribution in [1.29, 1.82) is 0 Å². The number of hydrogen-bond acceptors (Lipinski definition) is 0. The van der Waals surface area contributed by atoms with Crippen molar-refractivity contribution in [2.75, 3.05) is 0 Å². The molecule has 0 fully saturated rings. The normalized spacial score (nSPS) is 14.0. The van der Waals surface area contributed by atoms with Gasteiger partial charge in [-0.3, -0.25) is 0 Å². The van der Waals surface area contributed by atoms with Crippen molar-refractivity contribution in [3.05, 3.63) is 22.2 Å². The van der Waals surface area contributed by atoms with Gasteiger partial charge in [0.15, 0.2) is 0 Å². The summed E-state index contributed by atoms with van der Waals surface area (Å²) in [6.45, 7) is 6.39. The standard InChI is InChI=1S/C9H15Br/c1-4-6-9(5-2)7-8(3)10/h6-7H,4-5H2,1-3H3/b8-7-,9-6+. The second-order valence-corrected chi connectivity index (χ2v) is 3.52. The average molecular weight is 203 g/mol. The first-order valence-electron chi connectivity index (χ1n) is 3.73. The molecule has 0 unspecified atom stereocenters. The van der Waals surface area contributed by atoms with Crippen molar-refractivity contribution >= 4 is 15.9 Å². The van der Waals surface area contributed by atoms with Crippen LogP contribution in [0.15, 0.2) is 22.2 Å². The fourth-order valence-electron chi connectivity index (χ4n) is 0.823. The molecule has 58 valence electrons. The van der Waals surface area contributed by atoms with Crippen molar-refractivity contribution in [2.24, 2.45) is 0 Å². The molecule has 0 aliphatic rings. The monoisotopic (exact) mass is 202 g/mol. The van der Waals surface area contributed by atoms with Crippen LogP contribution in [0.25, 0.3) is 0 Å². The van der Waals surface area contributed by atoms with Gasteiger partial charge in [0.1, 0.15) is 0 Å². The van der Waals surface area contributed by atoms with Crippen molar-refractivity contribution < 1.29 is 0 Å². The molecule has 0 nitrogen and oxygen atoms in total. The Bertz CT molecular complexity index is 139. The molecule has 0 radical (unpaired) electrons. The fraction of sp³-hybridized carbons (Fsp3) is 0.556. The third-order valence-corrected chi connectivity index (χ3v) is 1.49. The first kappa shape index (κ1) is 9.96. The van der Waals surface area contributed by atoms with Crippen molar-refractivity contribution in [1.82, 2.24) is 0 Å². The molecule has 0 N–H and O–H groups in total. The summed E-state index contributed by atoms with van der Waals surface area (Å²) in [7, 11) is 0. The molecule has 0 spiro atoms. The van der Waals surface area contributed by atoms with E-state index in [4.69, 9.17) is 0 Å². The van der Waals surface area contributed by atoms with Gasteiger partial charge in [0.2, 0.25) is 0 Å². The summed E-state index contributed by atoms with van der Waals surface area (Å²) in [4.78, 5) is 0. The van der Waals surface area contributed by atoms with Crippen molar-refractivity contribution in [3.8, 4) is 0 Å². The molecule has 0 bridgehead atoms. The molecule has 0 aromatic heterocycles. The van der Waals surface area contributed by atoms with Crippen molar-refractivity contribution in [3.63, 3.8) is 0 Å². The molecule has 10 heavy (non-hydrogen) atoms. The van der Waals surface area contributed by atoms with Crippen LogP contribution in [0.3, 0.4) is 0 Å². The van der Waals surface area contributed by atoms with E-state index in [9.17, 15) is 0 Å². The summed E-state index contributed by atoms with van der Waals surface area (Å²) < 4.78 is 1.20. The maximum absolute atomic E-state index is 3.41. The molecule has 0 aromatic carbocycles. The summed E-state index contributed by atoms with van der Waals surface area (Å²) in [6.07, 6.45) is 6.67. The van der Waals surface area contributed by atoms with Gasteiger partial charge in [0.25, 0.3) is 0 Å². The predicted octanol–water partition coefficient (Wildman–Crippen LogP) is 4.03. The molecule has 0 aliphatic carbocycles. The van der Waals surface area contributed by atoms with Crippen LogP contribution >= 0.6 is 15.9 Å². The zero-order valence-electron chi connectivity index (χ0n) is 6.95. The molecule has 0 aliphatic heterocycles. The van der Waals surface area contributed by atoms with Crippen LogP contribution in [0.1, 0.15) is 33.6 Å². The lowest BCUT2D eigenvalue weighted by Gasteiger charge is -1.95. The summed E-state index contributed by atoms with van der Waals surface area (Å²) >= 11 is 3.41. The Hall–Kier alpha value is -0.0400. The third-order valence-electron chi connectivity index (χ3n) is 1.26. The van der Waals surface area contributed by atoms with Gasteiger partial charge in [-0.15, -0.1) is 0 Å². The molecule has 0 atom stereocenters. The highest BCUT2D eigenvalue weighted by Gasteiger charge is 1.87. The molecule has 0 amide bonds. The van der Waals surface area contributed by atoms with E-state index in [1.165, 1.54) is 10.1 Å². The van der Waals surface area contributed by atoms with Crippen LogP contribution in [-0.2, 0) is 0 Å². The van der Waals surface area contributed by atoms with Gasteiger partial charge >= 0.3 is 0 Å². The number of rotatable bonds is 3. The minimum absolute atomic E-state index is 1.12. The number of allylic oxidation sites excluding steroid dienone is 4. The Balaban J connectivity index is 4.09. The molecular weight excluding hydrogens is 188 g/mol. The van der Waals surface area contributed by atoms with Gasteiger partial charge in [-0.25, -0.2) is 0 Å². The van der Waals surface area contributed by atoms with Crippen LogP contribution < -0.4 is 0 Å². The van der Waals surface area contributed by atoms with Crippen LogP contribution in [-0.4, -0.2) is 0 Å². The fourth-order valence-corrected chi connectivity index (χ4v) is 1.12. The van der Waals surface area contributed by atoms with Gasteiger partial charge < -0.3 is 0 Å². The molecular formula is C9H15Br. The Morgan fingerprint density at radius 2 is 2.00 bits per heavy atom. The summed E-state index contributed by atoms with van der Waals surface area (Å²) in [6, 6.07) is 0. The summed E-state index contributed by atoms with van der Waals surface area (Å²) in [5.41, 5.74) is 1.41.